The van der Waals surface area contributed by atoms with Crippen molar-refractivity contribution in [3.63, 3.8) is 0 Å². The molecule has 1 aliphatic heterocycles. The lowest BCUT2D eigenvalue weighted by Crippen LogP contribution is -2.44. The van der Waals surface area contributed by atoms with Crippen molar-refractivity contribution in [1.29, 1.82) is 0 Å². The Labute approximate surface area is 113 Å². The Balaban J connectivity index is 2.29. The summed E-state index contributed by atoms with van der Waals surface area (Å²) in [6.07, 6.45) is -0.152. The van der Waals surface area contributed by atoms with Gasteiger partial charge >= 0.3 is 0 Å². The van der Waals surface area contributed by atoms with Gasteiger partial charge in [-0.2, -0.15) is 0 Å². The predicted molar refractivity (Wildman–Crippen MR) is 64.6 cm³/mol. The monoisotopic (exact) mass is 282 g/mol. The molecule has 1 N–H and O–H groups in total. The normalized spacial score (nSPS) is 18.1. The van der Waals surface area contributed by atoms with E-state index in [1.165, 1.54) is 0 Å². The Hall–Kier alpha value is -2.31. The molecule has 3 amide bonds. The summed E-state index contributed by atoms with van der Waals surface area (Å²) in [5, 5.41) is 2.09. The molecule has 0 bridgehead atoms. The molecule has 5 nitrogen and oxygen atoms in total. The van der Waals surface area contributed by atoms with Gasteiger partial charge in [-0.25, -0.2) is 8.78 Å². The minimum absolute atomic E-state index is 0.126. The summed E-state index contributed by atoms with van der Waals surface area (Å²) in [5.41, 5.74) is -0.333. The topological polar surface area (TPSA) is 66.5 Å². The summed E-state index contributed by atoms with van der Waals surface area (Å²) in [6, 6.07) is 1.62. The minimum atomic E-state index is -1.00. The van der Waals surface area contributed by atoms with Crippen LogP contribution in [0.3, 0.4) is 0 Å². The van der Waals surface area contributed by atoms with Crippen LogP contribution in [0.1, 0.15) is 23.7 Å². The fourth-order valence-corrected chi connectivity index (χ4v) is 2.11. The Morgan fingerprint density at radius 3 is 2.60 bits per heavy atom. The van der Waals surface area contributed by atoms with Gasteiger partial charge in [-0.15, -0.1) is 0 Å². The van der Waals surface area contributed by atoms with Crippen molar-refractivity contribution >= 4 is 17.7 Å². The van der Waals surface area contributed by atoms with Crippen LogP contribution in [-0.2, 0) is 9.59 Å². The summed E-state index contributed by atoms with van der Waals surface area (Å²) < 4.78 is 26.4. The molecule has 20 heavy (non-hydrogen) atoms. The lowest BCUT2D eigenvalue weighted by molar-refractivity contribution is -0.126. The van der Waals surface area contributed by atoms with Crippen molar-refractivity contribution < 1.29 is 23.2 Å². The molecule has 1 aromatic rings. The molecule has 0 spiro atoms. The zero-order chi connectivity index (χ0) is 14.9. The first-order chi connectivity index (χ1) is 9.43. The second kappa shape index (κ2) is 5.36. The number of carbonyl (C=O) groups is 3. The highest BCUT2D eigenvalue weighted by Gasteiger charge is 2.37. The first-order valence-electron chi connectivity index (χ1n) is 6.03. The maximum Gasteiger partial charge on any atom is 0.257 e. The third kappa shape index (κ3) is 2.52. The summed E-state index contributed by atoms with van der Waals surface area (Å²) in [5.74, 6) is -3.62. The second-order valence-corrected chi connectivity index (χ2v) is 4.35. The summed E-state index contributed by atoms with van der Waals surface area (Å²) in [4.78, 5) is 36.1. The molecule has 1 fully saturated rings. The molecule has 1 aliphatic rings. The van der Waals surface area contributed by atoms with Crippen molar-refractivity contribution in [3.05, 3.63) is 35.4 Å². The summed E-state index contributed by atoms with van der Waals surface area (Å²) >= 11 is 0. The fraction of sp³-hybridized carbons (Fsp3) is 0.308. The molecule has 7 heteroatoms. The standard InChI is InChI=1S/C13H12F2N2O3/c1-2-17(10-6-11(18)16-12(10)19)13(20)8-4-3-7(14)5-9(8)15/h3-5,10H,2,6H2,1H3,(H,16,18,19). The quantitative estimate of drug-likeness (QED) is 0.835. The number of hydrogen-bond acceptors (Lipinski definition) is 3. The van der Waals surface area contributed by atoms with Crippen LogP contribution in [0.15, 0.2) is 18.2 Å². The van der Waals surface area contributed by atoms with Gasteiger partial charge in [-0.05, 0) is 19.1 Å². The third-order valence-electron chi connectivity index (χ3n) is 3.08. The molecule has 1 heterocycles. The molecule has 1 aromatic carbocycles. The van der Waals surface area contributed by atoms with E-state index in [0.29, 0.717) is 6.07 Å². The van der Waals surface area contributed by atoms with Crippen LogP contribution in [-0.4, -0.2) is 35.2 Å². The van der Waals surface area contributed by atoms with Crippen molar-refractivity contribution in [2.45, 2.75) is 19.4 Å². The molecule has 0 saturated carbocycles. The van der Waals surface area contributed by atoms with Crippen LogP contribution in [0.5, 0.6) is 0 Å². The second-order valence-electron chi connectivity index (χ2n) is 4.35. The summed E-state index contributed by atoms with van der Waals surface area (Å²) in [6.45, 7) is 1.73. The number of benzene rings is 1. The molecular weight excluding hydrogens is 270 g/mol. The van der Waals surface area contributed by atoms with Crippen LogP contribution in [0.25, 0.3) is 0 Å². The average molecular weight is 282 g/mol. The SMILES string of the molecule is CCN(C(=O)c1ccc(F)cc1F)C1CC(=O)NC1=O. The Morgan fingerprint density at radius 1 is 1.40 bits per heavy atom. The summed E-state index contributed by atoms with van der Waals surface area (Å²) in [7, 11) is 0. The van der Waals surface area contributed by atoms with Crippen molar-refractivity contribution in [2.75, 3.05) is 6.54 Å². The van der Waals surface area contributed by atoms with Crippen LogP contribution >= 0.6 is 0 Å². The lowest BCUT2D eigenvalue weighted by atomic mass is 10.1. The van der Waals surface area contributed by atoms with E-state index < -0.39 is 35.4 Å². The molecule has 2 rings (SSSR count). The zero-order valence-corrected chi connectivity index (χ0v) is 10.7. The average Bonchev–Trinajstić information content (AvgIpc) is 2.69. The lowest BCUT2D eigenvalue weighted by Gasteiger charge is -2.25. The van der Waals surface area contributed by atoms with Crippen LogP contribution in [0, 0.1) is 11.6 Å². The van der Waals surface area contributed by atoms with Gasteiger partial charge in [-0.3, -0.25) is 19.7 Å². The number of halogens is 2. The number of hydrogen-bond donors (Lipinski definition) is 1. The van der Waals surface area contributed by atoms with E-state index in [1.54, 1.807) is 6.92 Å². The van der Waals surface area contributed by atoms with E-state index in [-0.39, 0.29) is 18.5 Å². The Kier molecular flexibility index (Phi) is 3.78. The van der Waals surface area contributed by atoms with Gasteiger partial charge < -0.3 is 4.90 Å². The largest absolute Gasteiger partial charge is 0.326 e. The third-order valence-corrected chi connectivity index (χ3v) is 3.08. The first kappa shape index (κ1) is 14.1. The molecule has 1 saturated heterocycles. The zero-order valence-electron chi connectivity index (χ0n) is 10.7. The van der Waals surface area contributed by atoms with Crippen molar-refractivity contribution in [1.82, 2.24) is 10.2 Å². The first-order valence-corrected chi connectivity index (χ1v) is 6.03. The number of imide groups is 1. The van der Waals surface area contributed by atoms with Gasteiger partial charge in [0.1, 0.15) is 17.7 Å². The predicted octanol–water partition coefficient (Wildman–Crippen LogP) is 0.842. The van der Waals surface area contributed by atoms with Gasteiger partial charge in [0.15, 0.2) is 0 Å². The van der Waals surface area contributed by atoms with Gasteiger partial charge in [0.25, 0.3) is 5.91 Å². The van der Waals surface area contributed by atoms with E-state index in [0.717, 1.165) is 17.0 Å². The molecule has 1 atom stereocenters. The van der Waals surface area contributed by atoms with Crippen molar-refractivity contribution in [2.24, 2.45) is 0 Å². The van der Waals surface area contributed by atoms with Crippen LogP contribution in [0.4, 0.5) is 8.78 Å². The maximum atomic E-state index is 13.6. The van der Waals surface area contributed by atoms with E-state index in [2.05, 4.69) is 5.32 Å². The van der Waals surface area contributed by atoms with Crippen LogP contribution < -0.4 is 5.32 Å². The van der Waals surface area contributed by atoms with Crippen LogP contribution in [0.2, 0.25) is 0 Å². The Bertz CT molecular complexity index is 589. The van der Waals surface area contributed by atoms with Gasteiger partial charge in [0.05, 0.1) is 12.0 Å². The number of rotatable bonds is 3. The van der Waals surface area contributed by atoms with Gasteiger partial charge in [0.2, 0.25) is 11.8 Å². The number of nitrogens with zero attached hydrogens (tertiary/aromatic N) is 1. The number of carbonyl (C=O) groups excluding carboxylic acids is 3. The van der Waals surface area contributed by atoms with E-state index in [1.807, 2.05) is 0 Å². The number of amides is 3. The van der Waals surface area contributed by atoms with Gasteiger partial charge in [-0.1, -0.05) is 0 Å². The van der Waals surface area contributed by atoms with Crippen molar-refractivity contribution in [3.8, 4) is 0 Å². The minimum Gasteiger partial charge on any atom is -0.326 e. The number of likely N-dealkylation sites (N-methyl/N-ethyl adjacent to an activating group) is 1. The molecule has 1 unspecified atom stereocenters. The highest BCUT2D eigenvalue weighted by atomic mass is 19.1. The molecule has 0 radical (unpaired) electrons. The fourth-order valence-electron chi connectivity index (χ4n) is 2.11. The highest BCUT2D eigenvalue weighted by molar-refractivity contribution is 6.08. The molecule has 0 aromatic heterocycles. The maximum absolute atomic E-state index is 13.6. The van der Waals surface area contributed by atoms with E-state index in [9.17, 15) is 23.2 Å². The molecule has 106 valence electrons. The smallest absolute Gasteiger partial charge is 0.257 e. The molecule has 0 aliphatic carbocycles. The molecular formula is C13H12F2N2O3. The van der Waals surface area contributed by atoms with Gasteiger partial charge in [0, 0.05) is 12.6 Å². The Morgan fingerprint density at radius 2 is 2.10 bits per heavy atom. The van der Waals surface area contributed by atoms with E-state index in [4.69, 9.17) is 0 Å². The number of nitrogens with one attached hydrogen (secondary N) is 1. The highest BCUT2D eigenvalue weighted by Crippen LogP contribution is 2.17. The van der Waals surface area contributed by atoms with E-state index >= 15 is 0 Å².